The summed E-state index contributed by atoms with van der Waals surface area (Å²) in [6.45, 7) is 0. The molecule has 19 heavy (non-hydrogen) atoms. The van der Waals surface area contributed by atoms with E-state index in [1.807, 2.05) is 0 Å². The van der Waals surface area contributed by atoms with Gasteiger partial charge in [0.15, 0.2) is 0 Å². The number of rotatable bonds is 3. The summed E-state index contributed by atoms with van der Waals surface area (Å²) in [6.07, 6.45) is -1.75. The van der Waals surface area contributed by atoms with Gasteiger partial charge in [0, 0.05) is 13.2 Å². The third kappa shape index (κ3) is 2.42. The standard InChI is InChI=1S/C11H8F3N3O2/c1-16-5-8(11(13)14)10(15-16)7-3-2-6(12)4-9(7)17(18)19/h2-5,11H,1H3. The van der Waals surface area contributed by atoms with Crippen molar-refractivity contribution in [3.05, 3.63) is 45.9 Å². The lowest BCUT2D eigenvalue weighted by atomic mass is 10.1. The predicted molar refractivity (Wildman–Crippen MR) is 60.2 cm³/mol. The van der Waals surface area contributed by atoms with Crippen LogP contribution >= 0.6 is 0 Å². The molecule has 0 N–H and O–H groups in total. The lowest BCUT2D eigenvalue weighted by molar-refractivity contribution is -0.384. The third-order valence-corrected chi connectivity index (χ3v) is 2.50. The highest BCUT2D eigenvalue weighted by Crippen LogP contribution is 2.35. The summed E-state index contributed by atoms with van der Waals surface area (Å²) in [4.78, 5) is 10.0. The van der Waals surface area contributed by atoms with Crippen LogP contribution in [0.4, 0.5) is 18.9 Å². The molecule has 2 rings (SSSR count). The van der Waals surface area contributed by atoms with Crippen molar-refractivity contribution in [3.8, 4) is 11.3 Å². The number of hydrogen-bond acceptors (Lipinski definition) is 3. The first-order chi connectivity index (χ1) is 8.90. The number of nitro groups is 1. The molecule has 0 spiro atoms. The van der Waals surface area contributed by atoms with Crippen LogP contribution in [0.25, 0.3) is 11.3 Å². The number of hydrogen-bond donors (Lipinski definition) is 0. The van der Waals surface area contributed by atoms with Gasteiger partial charge in [-0.1, -0.05) is 0 Å². The molecule has 0 aliphatic heterocycles. The normalized spacial score (nSPS) is 11.0. The number of halogens is 3. The Morgan fingerprint density at radius 3 is 2.68 bits per heavy atom. The molecule has 0 bridgehead atoms. The Bertz CT molecular complexity index is 640. The van der Waals surface area contributed by atoms with Gasteiger partial charge in [0.25, 0.3) is 12.1 Å². The molecule has 0 fully saturated rings. The van der Waals surface area contributed by atoms with Crippen LogP contribution in [0.3, 0.4) is 0 Å². The maximum absolute atomic E-state index is 13.0. The van der Waals surface area contributed by atoms with Gasteiger partial charge in [0.05, 0.1) is 22.1 Å². The van der Waals surface area contributed by atoms with Crippen molar-refractivity contribution in [2.45, 2.75) is 6.43 Å². The van der Waals surface area contributed by atoms with Crippen molar-refractivity contribution in [3.63, 3.8) is 0 Å². The number of nitro benzene ring substituents is 1. The molecule has 8 heteroatoms. The molecule has 0 aliphatic rings. The first kappa shape index (κ1) is 13.1. The number of aromatic nitrogens is 2. The lowest BCUT2D eigenvalue weighted by Gasteiger charge is -2.03. The van der Waals surface area contributed by atoms with Crippen molar-refractivity contribution in [1.82, 2.24) is 9.78 Å². The molecule has 0 aliphatic carbocycles. The third-order valence-electron chi connectivity index (χ3n) is 2.50. The van der Waals surface area contributed by atoms with Gasteiger partial charge in [0.1, 0.15) is 11.5 Å². The summed E-state index contributed by atoms with van der Waals surface area (Å²) < 4.78 is 39.8. The monoisotopic (exact) mass is 271 g/mol. The molecule has 0 radical (unpaired) electrons. The maximum Gasteiger partial charge on any atom is 0.281 e. The van der Waals surface area contributed by atoms with E-state index in [0.717, 1.165) is 23.0 Å². The second-order valence-corrected chi connectivity index (χ2v) is 3.83. The number of benzene rings is 1. The van der Waals surface area contributed by atoms with Gasteiger partial charge in [-0.05, 0) is 12.1 Å². The molecule has 1 aromatic carbocycles. The Hall–Kier alpha value is -2.38. The fourth-order valence-corrected chi connectivity index (χ4v) is 1.73. The molecule has 5 nitrogen and oxygen atoms in total. The average molecular weight is 271 g/mol. The Balaban J connectivity index is 2.68. The molecule has 0 amide bonds. The highest BCUT2D eigenvalue weighted by molar-refractivity contribution is 5.73. The van der Waals surface area contributed by atoms with E-state index >= 15 is 0 Å². The zero-order valence-corrected chi connectivity index (χ0v) is 9.68. The molecular weight excluding hydrogens is 263 g/mol. The molecule has 0 saturated heterocycles. The van der Waals surface area contributed by atoms with Crippen molar-refractivity contribution in [2.24, 2.45) is 7.05 Å². The molecule has 0 saturated carbocycles. The van der Waals surface area contributed by atoms with Crippen LogP contribution < -0.4 is 0 Å². The van der Waals surface area contributed by atoms with Crippen molar-refractivity contribution >= 4 is 5.69 Å². The van der Waals surface area contributed by atoms with E-state index in [2.05, 4.69) is 5.10 Å². The van der Waals surface area contributed by atoms with Gasteiger partial charge in [-0.15, -0.1) is 0 Å². The Morgan fingerprint density at radius 1 is 1.42 bits per heavy atom. The van der Waals surface area contributed by atoms with Gasteiger partial charge < -0.3 is 0 Å². The van der Waals surface area contributed by atoms with Crippen LogP contribution in [0.1, 0.15) is 12.0 Å². The van der Waals surface area contributed by atoms with Gasteiger partial charge in [0.2, 0.25) is 0 Å². The van der Waals surface area contributed by atoms with E-state index in [0.29, 0.717) is 6.07 Å². The number of nitrogens with zero attached hydrogens (tertiary/aromatic N) is 3. The first-order valence-electron chi connectivity index (χ1n) is 5.16. The molecular formula is C11H8F3N3O2. The summed E-state index contributed by atoms with van der Waals surface area (Å²) >= 11 is 0. The molecule has 1 aromatic heterocycles. The minimum Gasteiger partial charge on any atom is -0.275 e. The summed E-state index contributed by atoms with van der Waals surface area (Å²) in [5, 5.41) is 14.6. The number of aryl methyl sites for hydroxylation is 1. The molecule has 1 heterocycles. The summed E-state index contributed by atoms with van der Waals surface area (Å²) in [5.41, 5.74) is -1.38. The van der Waals surface area contributed by atoms with Crippen LogP contribution in [0.2, 0.25) is 0 Å². The van der Waals surface area contributed by atoms with E-state index in [-0.39, 0.29) is 11.3 Å². The maximum atomic E-state index is 13.0. The fourth-order valence-electron chi connectivity index (χ4n) is 1.73. The minimum absolute atomic E-state index is 0.137. The van der Waals surface area contributed by atoms with Crippen molar-refractivity contribution < 1.29 is 18.1 Å². The summed E-state index contributed by atoms with van der Waals surface area (Å²) in [7, 11) is 1.42. The predicted octanol–water partition coefficient (Wildman–Crippen LogP) is 3.07. The van der Waals surface area contributed by atoms with Crippen LogP contribution in [-0.4, -0.2) is 14.7 Å². The van der Waals surface area contributed by atoms with E-state index in [4.69, 9.17) is 0 Å². The first-order valence-corrected chi connectivity index (χ1v) is 5.16. The van der Waals surface area contributed by atoms with E-state index in [1.165, 1.54) is 7.05 Å². The quantitative estimate of drug-likeness (QED) is 0.636. The molecule has 0 atom stereocenters. The van der Waals surface area contributed by atoms with Gasteiger partial charge in [-0.2, -0.15) is 5.10 Å². The summed E-state index contributed by atoms with van der Waals surface area (Å²) in [6, 6.07) is 2.72. The van der Waals surface area contributed by atoms with Gasteiger partial charge >= 0.3 is 0 Å². The SMILES string of the molecule is Cn1cc(C(F)F)c(-c2ccc(F)cc2[N+](=O)[O-])n1. The Labute approximate surface area is 105 Å². The highest BCUT2D eigenvalue weighted by atomic mass is 19.3. The topological polar surface area (TPSA) is 61.0 Å². The number of alkyl halides is 2. The second-order valence-electron chi connectivity index (χ2n) is 3.83. The minimum atomic E-state index is -2.83. The lowest BCUT2D eigenvalue weighted by Crippen LogP contribution is -1.96. The molecule has 0 unspecified atom stereocenters. The zero-order valence-electron chi connectivity index (χ0n) is 9.68. The summed E-state index contributed by atoms with van der Waals surface area (Å²) in [5.74, 6) is -0.815. The van der Waals surface area contributed by atoms with Crippen LogP contribution in [0.15, 0.2) is 24.4 Å². The Morgan fingerprint density at radius 2 is 2.11 bits per heavy atom. The van der Waals surface area contributed by atoms with Crippen molar-refractivity contribution in [1.29, 1.82) is 0 Å². The molecule has 100 valence electrons. The van der Waals surface area contributed by atoms with E-state index in [9.17, 15) is 23.3 Å². The van der Waals surface area contributed by atoms with E-state index < -0.39 is 28.4 Å². The zero-order chi connectivity index (χ0) is 14.2. The molecule has 2 aromatic rings. The Kier molecular flexibility index (Phi) is 3.24. The average Bonchev–Trinajstić information content (AvgIpc) is 2.71. The second kappa shape index (κ2) is 4.71. The van der Waals surface area contributed by atoms with Crippen LogP contribution in [0.5, 0.6) is 0 Å². The van der Waals surface area contributed by atoms with Crippen molar-refractivity contribution in [2.75, 3.05) is 0 Å². The van der Waals surface area contributed by atoms with Gasteiger partial charge in [-0.3, -0.25) is 14.8 Å². The largest absolute Gasteiger partial charge is 0.281 e. The van der Waals surface area contributed by atoms with Crippen LogP contribution in [-0.2, 0) is 7.05 Å². The van der Waals surface area contributed by atoms with Crippen LogP contribution in [0, 0.1) is 15.9 Å². The van der Waals surface area contributed by atoms with Gasteiger partial charge in [-0.25, -0.2) is 13.2 Å². The smallest absolute Gasteiger partial charge is 0.275 e. The highest BCUT2D eigenvalue weighted by Gasteiger charge is 2.25. The van der Waals surface area contributed by atoms with E-state index in [1.54, 1.807) is 0 Å². The fraction of sp³-hybridized carbons (Fsp3) is 0.182.